The van der Waals surface area contributed by atoms with Crippen LogP contribution in [0.15, 0.2) is 48.7 Å². The number of benzene rings is 1. The van der Waals surface area contributed by atoms with Gasteiger partial charge >= 0.3 is 0 Å². The summed E-state index contributed by atoms with van der Waals surface area (Å²) in [4.78, 5) is 37.0. The van der Waals surface area contributed by atoms with E-state index in [0.717, 1.165) is 17.0 Å². The monoisotopic (exact) mass is 377 g/mol. The van der Waals surface area contributed by atoms with Gasteiger partial charge in [0.1, 0.15) is 5.82 Å². The molecule has 1 aromatic carbocycles. The summed E-state index contributed by atoms with van der Waals surface area (Å²) in [6, 6.07) is 12.6. The topological polar surface area (TPSA) is 96.7 Å². The first-order valence-corrected chi connectivity index (χ1v) is 9.11. The molecule has 0 saturated carbocycles. The number of amides is 3. The van der Waals surface area contributed by atoms with Crippen molar-refractivity contribution in [2.24, 2.45) is 0 Å². The van der Waals surface area contributed by atoms with Crippen molar-refractivity contribution in [2.75, 3.05) is 6.54 Å². The van der Waals surface area contributed by atoms with Crippen LogP contribution in [0.4, 0.5) is 0 Å². The lowest BCUT2D eigenvalue weighted by Gasteiger charge is -2.14. The third-order valence-corrected chi connectivity index (χ3v) is 4.73. The van der Waals surface area contributed by atoms with E-state index >= 15 is 0 Å². The Hall–Kier alpha value is -3.55. The predicted molar refractivity (Wildman–Crippen MR) is 100 cm³/mol. The van der Waals surface area contributed by atoms with Gasteiger partial charge in [-0.3, -0.25) is 23.7 Å². The van der Waals surface area contributed by atoms with Gasteiger partial charge in [0, 0.05) is 37.6 Å². The summed E-state index contributed by atoms with van der Waals surface area (Å²) in [6.45, 7) is 0.687. The third kappa shape index (κ3) is 3.62. The maximum absolute atomic E-state index is 12.3. The zero-order valence-corrected chi connectivity index (χ0v) is 15.2. The van der Waals surface area contributed by atoms with Gasteiger partial charge in [0.25, 0.3) is 5.91 Å². The lowest BCUT2D eigenvalue weighted by Crippen LogP contribution is -2.28. The first-order chi connectivity index (χ1) is 13.6. The zero-order valence-electron chi connectivity index (χ0n) is 15.2. The Morgan fingerprint density at radius 1 is 1.00 bits per heavy atom. The fourth-order valence-corrected chi connectivity index (χ4v) is 3.19. The molecule has 0 bridgehead atoms. The molecule has 1 aliphatic rings. The number of nitrogens with one attached hydrogen (secondary N) is 1. The largest absolute Gasteiger partial charge is 0.352 e. The van der Waals surface area contributed by atoms with E-state index in [2.05, 4.69) is 15.5 Å². The first-order valence-electron chi connectivity index (χ1n) is 9.11. The van der Waals surface area contributed by atoms with Crippen molar-refractivity contribution in [1.29, 1.82) is 0 Å². The fraction of sp³-hybridized carbons (Fsp3) is 0.250. The number of aromatic nitrogens is 3. The molecule has 1 saturated heterocycles. The normalized spacial score (nSPS) is 14.1. The van der Waals surface area contributed by atoms with Crippen molar-refractivity contribution in [1.82, 2.24) is 24.8 Å². The Morgan fingerprint density at radius 2 is 1.75 bits per heavy atom. The summed E-state index contributed by atoms with van der Waals surface area (Å²) in [5.74, 6) is 0.306. The summed E-state index contributed by atoms with van der Waals surface area (Å²) >= 11 is 0. The van der Waals surface area contributed by atoms with Crippen LogP contribution in [0, 0.1) is 0 Å². The van der Waals surface area contributed by atoms with Gasteiger partial charge in [-0.15, -0.1) is 10.2 Å². The molecule has 0 aliphatic carbocycles. The van der Waals surface area contributed by atoms with Gasteiger partial charge in [0.2, 0.25) is 11.8 Å². The van der Waals surface area contributed by atoms with Crippen molar-refractivity contribution in [2.45, 2.75) is 25.8 Å². The molecule has 0 atom stereocenters. The number of nitrogens with zero attached hydrogens (tertiary/aromatic N) is 4. The highest BCUT2D eigenvalue weighted by Gasteiger charge is 2.28. The number of carbonyl (C=O) groups is 3. The molecule has 0 unspecified atom stereocenters. The molecule has 0 radical (unpaired) electrons. The van der Waals surface area contributed by atoms with Crippen LogP contribution in [0.2, 0.25) is 0 Å². The average Bonchev–Trinajstić information content (AvgIpc) is 3.27. The van der Waals surface area contributed by atoms with Gasteiger partial charge in [-0.2, -0.15) is 0 Å². The number of likely N-dealkylation sites (tertiary alicyclic amines) is 1. The molecular formula is C20H19N5O3. The fourth-order valence-electron chi connectivity index (χ4n) is 3.19. The molecule has 2 aromatic heterocycles. The van der Waals surface area contributed by atoms with Crippen molar-refractivity contribution in [3.8, 4) is 0 Å². The maximum Gasteiger partial charge on any atom is 0.251 e. The van der Waals surface area contributed by atoms with E-state index in [9.17, 15) is 14.4 Å². The lowest BCUT2D eigenvalue weighted by atomic mass is 10.1. The molecule has 8 nitrogen and oxygen atoms in total. The number of fused-ring (bicyclic) bond motifs is 1. The Morgan fingerprint density at radius 3 is 2.50 bits per heavy atom. The van der Waals surface area contributed by atoms with Gasteiger partial charge in [-0.25, -0.2) is 0 Å². The lowest BCUT2D eigenvalue weighted by molar-refractivity contribution is -0.139. The van der Waals surface area contributed by atoms with Gasteiger partial charge < -0.3 is 5.32 Å². The second kappa shape index (κ2) is 7.59. The van der Waals surface area contributed by atoms with Crippen molar-refractivity contribution < 1.29 is 14.4 Å². The predicted octanol–water partition coefficient (Wildman–Crippen LogP) is 1.35. The van der Waals surface area contributed by atoms with Crippen molar-refractivity contribution >= 4 is 23.4 Å². The van der Waals surface area contributed by atoms with Crippen LogP contribution < -0.4 is 5.32 Å². The van der Waals surface area contributed by atoms with Gasteiger partial charge in [0.05, 0.1) is 6.54 Å². The van der Waals surface area contributed by atoms with Crippen LogP contribution in [0.25, 0.3) is 5.65 Å². The SMILES string of the molecule is O=C(NCCc1nnc2ccccn12)c1ccc(CN2C(=O)CCC2=O)cc1. The van der Waals surface area contributed by atoms with Crippen LogP contribution in [0.1, 0.15) is 34.6 Å². The molecule has 1 fully saturated rings. The van der Waals surface area contributed by atoms with E-state index in [1.54, 1.807) is 24.3 Å². The molecule has 3 amide bonds. The standard InChI is InChI=1S/C20H19N5O3/c26-18-8-9-19(27)25(18)13-14-4-6-15(7-5-14)20(28)21-11-10-17-23-22-16-3-1-2-12-24(16)17/h1-7,12H,8-11,13H2,(H,21,28). The highest BCUT2D eigenvalue weighted by molar-refractivity contribution is 6.01. The van der Waals surface area contributed by atoms with E-state index in [-0.39, 0.29) is 37.1 Å². The smallest absolute Gasteiger partial charge is 0.251 e. The number of hydrogen-bond donors (Lipinski definition) is 1. The summed E-state index contributed by atoms with van der Waals surface area (Å²) in [5.41, 5.74) is 2.11. The number of imide groups is 1. The Balaban J connectivity index is 1.32. The minimum absolute atomic E-state index is 0.146. The molecule has 8 heteroatoms. The molecule has 4 rings (SSSR count). The Bertz CT molecular complexity index is 1030. The minimum atomic E-state index is -0.186. The van der Waals surface area contributed by atoms with Crippen LogP contribution in [-0.2, 0) is 22.6 Å². The van der Waals surface area contributed by atoms with Crippen molar-refractivity contribution in [3.63, 3.8) is 0 Å². The van der Waals surface area contributed by atoms with Gasteiger partial charge in [-0.1, -0.05) is 18.2 Å². The first kappa shape index (κ1) is 17.8. The Kier molecular flexibility index (Phi) is 4.84. The molecule has 0 spiro atoms. The van der Waals surface area contributed by atoms with Crippen LogP contribution in [-0.4, -0.2) is 43.8 Å². The van der Waals surface area contributed by atoms with E-state index < -0.39 is 0 Å². The molecule has 28 heavy (non-hydrogen) atoms. The second-order valence-electron chi connectivity index (χ2n) is 6.62. The van der Waals surface area contributed by atoms with Crippen LogP contribution in [0.5, 0.6) is 0 Å². The van der Waals surface area contributed by atoms with Crippen molar-refractivity contribution in [3.05, 3.63) is 65.6 Å². The van der Waals surface area contributed by atoms with E-state index in [1.165, 1.54) is 4.90 Å². The highest BCUT2D eigenvalue weighted by atomic mass is 16.2. The highest BCUT2D eigenvalue weighted by Crippen LogP contribution is 2.16. The van der Waals surface area contributed by atoms with E-state index in [1.807, 2.05) is 28.8 Å². The molecule has 1 N–H and O–H groups in total. The molecule has 3 aromatic rings. The summed E-state index contributed by atoms with van der Waals surface area (Å²) in [6.07, 6.45) is 3.01. The molecular weight excluding hydrogens is 358 g/mol. The average molecular weight is 377 g/mol. The number of hydrogen-bond acceptors (Lipinski definition) is 5. The maximum atomic E-state index is 12.3. The minimum Gasteiger partial charge on any atom is -0.352 e. The quantitative estimate of drug-likeness (QED) is 0.654. The summed E-state index contributed by atoms with van der Waals surface area (Å²) in [5, 5.41) is 11.1. The van der Waals surface area contributed by atoms with E-state index in [4.69, 9.17) is 0 Å². The Labute approximate surface area is 161 Å². The molecule has 3 heterocycles. The molecule has 1 aliphatic heterocycles. The second-order valence-corrected chi connectivity index (χ2v) is 6.62. The third-order valence-electron chi connectivity index (χ3n) is 4.73. The number of pyridine rings is 1. The van der Waals surface area contributed by atoms with Crippen LogP contribution >= 0.6 is 0 Å². The van der Waals surface area contributed by atoms with Crippen LogP contribution in [0.3, 0.4) is 0 Å². The molecule has 142 valence electrons. The van der Waals surface area contributed by atoms with E-state index in [0.29, 0.717) is 18.5 Å². The number of carbonyl (C=O) groups excluding carboxylic acids is 3. The van der Waals surface area contributed by atoms with Gasteiger partial charge in [0.15, 0.2) is 5.65 Å². The van der Waals surface area contributed by atoms with Gasteiger partial charge in [-0.05, 0) is 29.8 Å². The number of rotatable bonds is 6. The summed E-state index contributed by atoms with van der Waals surface area (Å²) < 4.78 is 1.89. The zero-order chi connectivity index (χ0) is 19.5. The summed E-state index contributed by atoms with van der Waals surface area (Å²) in [7, 11) is 0.